The standard InChI is InChI=1S/C45H40IN3S/c1-45-15-14-28(46-21-45)16-29-30-17-31-38-22-2-6-24(7-3-22)40(38)33(48-31)19-36-42-26-10-12-27(13-11-26)43(42)37(50-36)20-34-41-25-8-4-23(5-9-25)39(41)32(49-34)18-35(47-30)44(29)45/h2,4,6,8,10,12,17-28,47H,3,5,7,9,11,13-16H2,1H3. The van der Waals surface area contributed by atoms with Crippen LogP contribution < -0.4 is 0 Å². The van der Waals surface area contributed by atoms with E-state index in [1.165, 1.54) is 123 Å². The van der Waals surface area contributed by atoms with Gasteiger partial charge in [0.25, 0.3) is 0 Å². The summed E-state index contributed by atoms with van der Waals surface area (Å²) in [5, 5.41) is 0. The molecular weight excluding hydrogens is 741 g/mol. The monoisotopic (exact) mass is 781 g/mol. The summed E-state index contributed by atoms with van der Waals surface area (Å²) in [4.78, 5) is 15.4. The van der Waals surface area contributed by atoms with Gasteiger partial charge in [-0.05, 0) is 131 Å². The Morgan fingerprint density at radius 3 is 1.58 bits per heavy atom. The molecule has 17 rings (SSSR count). The number of hydrogen-bond acceptors (Lipinski definition) is 3. The van der Waals surface area contributed by atoms with E-state index in [1.807, 2.05) is 11.3 Å². The van der Waals surface area contributed by atoms with Gasteiger partial charge in [0, 0.05) is 65.3 Å². The highest BCUT2D eigenvalue weighted by molar-refractivity contribution is 14.2. The highest BCUT2D eigenvalue weighted by atomic mass is 127. The summed E-state index contributed by atoms with van der Waals surface area (Å²) >= 11 is 2.11. The molecule has 50 heavy (non-hydrogen) atoms. The van der Waals surface area contributed by atoms with Gasteiger partial charge in [0.05, 0.1) is 22.8 Å². The lowest BCUT2D eigenvalue weighted by atomic mass is 9.70. The van der Waals surface area contributed by atoms with Gasteiger partial charge in [0.1, 0.15) is 0 Å². The van der Waals surface area contributed by atoms with Crippen LogP contribution in [0.2, 0.25) is 0 Å². The molecule has 0 fully saturated rings. The van der Waals surface area contributed by atoms with Gasteiger partial charge < -0.3 is 4.98 Å². The summed E-state index contributed by atoms with van der Waals surface area (Å²) in [6, 6.07) is 10.1. The molecule has 0 radical (unpaired) electrons. The minimum atomic E-state index is 0.0781. The summed E-state index contributed by atoms with van der Waals surface area (Å²) in [6.45, 7) is 2.54. The van der Waals surface area contributed by atoms with Crippen molar-refractivity contribution in [1.29, 1.82) is 0 Å². The van der Waals surface area contributed by atoms with Crippen LogP contribution in [-0.2, 0) is 11.8 Å². The molecule has 0 amide bonds. The third kappa shape index (κ3) is 3.69. The third-order valence-electron chi connectivity index (χ3n) is 14.2. The predicted molar refractivity (Wildman–Crippen MR) is 217 cm³/mol. The van der Waals surface area contributed by atoms with Gasteiger partial charge in [-0.1, -0.05) is 43.4 Å². The number of fused-ring (bicyclic) bond motifs is 12. The Kier molecular flexibility index (Phi) is 5.59. The molecule has 8 unspecified atom stereocenters. The number of rotatable bonds is 0. The number of thiophene rings is 1. The second kappa shape index (κ2) is 9.83. The van der Waals surface area contributed by atoms with E-state index in [2.05, 4.69) is 76.6 Å². The van der Waals surface area contributed by atoms with E-state index in [4.69, 9.17) is 9.97 Å². The second-order valence-corrected chi connectivity index (χ2v) is 21.2. The second-order valence-electron chi connectivity index (χ2n) is 17.0. The van der Waals surface area contributed by atoms with E-state index in [0.717, 1.165) is 3.92 Å². The van der Waals surface area contributed by atoms with Gasteiger partial charge >= 0.3 is 0 Å². The average Bonchev–Trinajstić information content (AvgIpc) is 3.87. The molecule has 3 aromatic rings. The van der Waals surface area contributed by atoms with Gasteiger partial charge in [0.15, 0.2) is 0 Å². The number of aromatic amines is 1. The van der Waals surface area contributed by atoms with Gasteiger partial charge in [0.2, 0.25) is 0 Å². The fourth-order valence-corrected chi connectivity index (χ4v) is 16.6. The van der Waals surface area contributed by atoms with Gasteiger partial charge in [-0.3, -0.25) is 0 Å². The van der Waals surface area contributed by atoms with Crippen LogP contribution in [0.15, 0.2) is 60.7 Å². The molecule has 248 valence electrons. The van der Waals surface area contributed by atoms with Crippen molar-refractivity contribution >= 4 is 78.8 Å². The number of H-pyrrole nitrogens is 1. The van der Waals surface area contributed by atoms with E-state index in [-0.39, 0.29) is 26.1 Å². The first-order chi connectivity index (χ1) is 24.6. The lowest BCUT2D eigenvalue weighted by Crippen LogP contribution is -2.25. The maximum absolute atomic E-state index is 5.67. The van der Waals surface area contributed by atoms with Gasteiger partial charge in [-0.2, -0.15) is 0 Å². The van der Waals surface area contributed by atoms with Crippen molar-refractivity contribution < 1.29 is 0 Å². The molecule has 7 heterocycles. The summed E-state index contributed by atoms with van der Waals surface area (Å²) in [5.41, 5.74) is 20.1. The summed E-state index contributed by atoms with van der Waals surface area (Å²) < 4.78 is 6.51. The lowest BCUT2D eigenvalue weighted by molar-refractivity contribution is 0.558. The van der Waals surface area contributed by atoms with Gasteiger partial charge in [-0.25, -0.2) is 9.97 Å². The van der Waals surface area contributed by atoms with E-state index >= 15 is 0 Å². The SMILES string of the molecule is CC12C=IC(CC1)Cc1c2c2cc3nc(cc4sc(cc5nc(cc1[nH]2)C1=C5C2C=CC1CC2)c1c4C2C=CC1CC2)C1=C3C2C=CC1CC2. The van der Waals surface area contributed by atoms with Crippen LogP contribution in [0.4, 0.5) is 0 Å². The average molecular weight is 782 g/mol. The molecule has 0 spiro atoms. The number of nitrogens with one attached hydrogen (secondary N) is 1. The molecular formula is C45H40IN3S. The first-order valence-corrected chi connectivity index (χ1v) is 22.6. The zero-order valence-electron chi connectivity index (χ0n) is 28.4. The van der Waals surface area contributed by atoms with Crippen LogP contribution in [-0.4, -0.2) is 22.9 Å². The summed E-state index contributed by atoms with van der Waals surface area (Å²) in [7, 11) is 0. The predicted octanol–water partition coefficient (Wildman–Crippen LogP) is 11.3. The third-order valence-corrected chi connectivity index (χ3v) is 19.2. The zero-order chi connectivity index (χ0) is 32.5. The van der Waals surface area contributed by atoms with Crippen molar-refractivity contribution in [3.63, 3.8) is 0 Å². The van der Waals surface area contributed by atoms with E-state index in [1.54, 1.807) is 22.3 Å². The number of hydrogen-bond donors (Lipinski definition) is 1. The Hall–Kier alpha value is -3.16. The number of nitrogens with zero attached hydrogens (tertiary/aromatic N) is 2. The topological polar surface area (TPSA) is 41.6 Å². The molecule has 3 aromatic heterocycles. The Labute approximate surface area is 307 Å². The lowest BCUT2D eigenvalue weighted by Gasteiger charge is -2.33. The molecule has 0 saturated carbocycles. The molecule has 0 saturated heterocycles. The van der Waals surface area contributed by atoms with Crippen molar-refractivity contribution in [2.24, 2.45) is 23.7 Å². The maximum atomic E-state index is 5.67. The van der Waals surface area contributed by atoms with Gasteiger partial charge in [-0.15, -0.1) is 32.1 Å². The molecule has 1 N–H and O–H groups in total. The Morgan fingerprint density at radius 1 is 0.620 bits per heavy atom. The Morgan fingerprint density at radius 2 is 1.10 bits per heavy atom. The molecule has 10 aliphatic carbocycles. The van der Waals surface area contributed by atoms with Crippen LogP contribution in [0.5, 0.6) is 0 Å². The molecule has 8 atom stereocenters. The van der Waals surface area contributed by atoms with Crippen LogP contribution in [0.3, 0.4) is 0 Å². The largest absolute Gasteiger partial charge is 0.355 e. The summed E-state index contributed by atoms with van der Waals surface area (Å²) in [6.07, 6.45) is 26.4. The minimum Gasteiger partial charge on any atom is -0.355 e. The first kappa shape index (κ1) is 28.4. The fourth-order valence-electron chi connectivity index (χ4n) is 12.0. The Balaban J connectivity index is 1.19. The van der Waals surface area contributed by atoms with E-state index in [9.17, 15) is 0 Å². The molecule has 4 aliphatic heterocycles. The number of allylic oxidation sites excluding steroid dienone is 10. The Bertz CT molecular complexity index is 2500. The van der Waals surface area contributed by atoms with E-state index in [0.29, 0.717) is 35.5 Å². The highest BCUT2D eigenvalue weighted by Crippen LogP contribution is 2.57. The van der Waals surface area contributed by atoms with Crippen molar-refractivity contribution in [3.05, 3.63) is 106 Å². The molecule has 5 heteroatoms. The van der Waals surface area contributed by atoms with Crippen LogP contribution in [0, 0.1) is 23.7 Å². The molecule has 16 bridgehead atoms. The molecule has 0 aromatic carbocycles. The van der Waals surface area contributed by atoms with Crippen LogP contribution in [0.25, 0.3) is 42.7 Å². The van der Waals surface area contributed by atoms with Crippen LogP contribution >= 0.6 is 32.1 Å². The normalized spacial score (nSPS) is 34.5. The van der Waals surface area contributed by atoms with Crippen molar-refractivity contribution in [2.45, 2.75) is 85.9 Å². The summed E-state index contributed by atoms with van der Waals surface area (Å²) in [5.74, 6) is 2.95. The van der Waals surface area contributed by atoms with Crippen molar-refractivity contribution in [1.82, 2.24) is 15.0 Å². The maximum Gasteiger partial charge on any atom is 0.0699 e. The van der Waals surface area contributed by atoms with Crippen molar-refractivity contribution in [2.75, 3.05) is 0 Å². The minimum absolute atomic E-state index is 0.0781. The molecule has 14 aliphatic rings. The van der Waals surface area contributed by atoms with E-state index < -0.39 is 0 Å². The molecule has 3 nitrogen and oxygen atoms in total. The smallest absolute Gasteiger partial charge is 0.0699 e. The number of aromatic nitrogens is 3. The highest BCUT2D eigenvalue weighted by Gasteiger charge is 2.42. The van der Waals surface area contributed by atoms with Crippen molar-refractivity contribution in [3.8, 4) is 0 Å². The number of alkyl halides is 1. The number of halogens is 1. The quantitative estimate of drug-likeness (QED) is 0.140. The van der Waals surface area contributed by atoms with Crippen LogP contribution in [0.1, 0.15) is 115 Å². The fraction of sp³-hybridized carbons (Fsp3) is 0.400. The first-order valence-electron chi connectivity index (χ1n) is 19.3. The zero-order valence-corrected chi connectivity index (χ0v) is 31.4.